The number of nitrogens with zero attached hydrogens (tertiary/aromatic N) is 1. The molecule has 0 radical (unpaired) electrons. The number of hydrogen-bond acceptors (Lipinski definition) is 4. The van der Waals surface area contributed by atoms with Gasteiger partial charge in [0.25, 0.3) is 0 Å². The van der Waals surface area contributed by atoms with Crippen LogP contribution in [-0.2, 0) is 0 Å². The standard InChI is InChI=1S/C13H16F4N2O2/c14-10-7-9(1-2-12(10)21-13(15,16)17)11(8-20)19-5-3-18-4-6-19/h1-2,7,11,18,20H,3-6,8H2/t11-/m0/s1. The van der Waals surface area contributed by atoms with E-state index in [0.29, 0.717) is 18.7 Å². The molecule has 2 rings (SSSR count). The van der Waals surface area contributed by atoms with Gasteiger partial charge in [0.1, 0.15) is 0 Å². The third-order valence-electron chi connectivity index (χ3n) is 3.33. The average molecular weight is 308 g/mol. The molecule has 8 heteroatoms. The topological polar surface area (TPSA) is 44.7 Å². The minimum Gasteiger partial charge on any atom is -0.403 e. The number of aliphatic hydroxyl groups excluding tert-OH is 1. The van der Waals surface area contributed by atoms with Crippen LogP contribution < -0.4 is 10.1 Å². The lowest BCUT2D eigenvalue weighted by Crippen LogP contribution is -2.46. The van der Waals surface area contributed by atoms with Crippen LogP contribution in [0.2, 0.25) is 0 Å². The average Bonchev–Trinajstić information content (AvgIpc) is 2.42. The molecule has 1 aromatic carbocycles. The predicted octanol–water partition coefficient (Wildman–Crippen LogP) is 1.66. The molecule has 2 N–H and O–H groups in total. The van der Waals surface area contributed by atoms with E-state index < -0.39 is 24.0 Å². The highest BCUT2D eigenvalue weighted by atomic mass is 19.4. The summed E-state index contributed by atoms with van der Waals surface area (Å²) >= 11 is 0. The first-order valence-corrected chi connectivity index (χ1v) is 6.51. The van der Waals surface area contributed by atoms with Gasteiger partial charge in [-0.05, 0) is 17.7 Å². The van der Waals surface area contributed by atoms with Gasteiger partial charge in [-0.3, -0.25) is 4.90 Å². The number of ether oxygens (including phenoxy) is 1. The van der Waals surface area contributed by atoms with E-state index in [1.165, 1.54) is 6.07 Å². The van der Waals surface area contributed by atoms with Crippen LogP contribution in [0.3, 0.4) is 0 Å². The van der Waals surface area contributed by atoms with Gasteiger partial charge in [-0.25, -0.2) is 4.39 Å². The Morgan fingerprint density at radius 1 is 1.29 bits per heavy atom. The molecular formula is C13H16F4N2O2. The van der Waals surface area contributed by atoms with E-state index in [1.54, 1.807) is 0 Å². The van der Waals surface area contributed by atoms with Crippen molar-refractivity contribution < 1.29 is 27.4 Å². The van der Waals surface area contributed by atoms with Crippen molar-refractivity contribution in [3.63, 3.8) is 0 Å². The van der Waals surface area contributed by atoms with E-state index in [-0.39, 0.29) is 6.61 Å². The first-order valence-electron chi connectivity index (χ1n) is 6.51. The van der Waals surface area contributed by atoms with Crippen molar-refractivity contribution in [3.05, 3.63) is 29.6 Å². The Hall–Kier alpha value is -1.38. The van der Waals surface area contributed by atoms with Crippen molar-refractivity contribution in [2.75, 3.05) is 32.8 Å². The summed E-state index contributed by atoms with van der Waals surface area (Å²) in [6, 6.07) is 2.81. The lowest BCUT2D eigenvalue weighted by molar-refractivity contribution is -0.275. The summed E-state index contributed by atoms with van der Waals surface area (Å²) in [5.41, 5.74) is 0.423. The number of aliphatic hydroxyl groups is 1. The summed E-state index contributed by atoms with van der Waals surface area (Å²) in [6.45, 7) is 2.60. The van der Waals surface area contributed by atoms with Gasteiger partial charge >= 0.3 is 6.36 Å². The number of alkyl halides is 3. The lowest BCUT2D eigenvalue weighted by Gasteiger charge is -2.34. The molecule has 0 saturated carbocycles. The van der Waals surface area contributed by atoms with Crippen molar-refractivity contribution in [2.45, 2.75) is 12.4 Å². The van der Waals surface area contributed by atoms with Crippen LogP contribution in [0.15, 0.2) is 18.2 Å². The quantitative estimate of drug-likeness (QED) is 0.831. The monoisotopic (exact) mass is 308 g/mol. The molecule has 1 saturated heterocycles. The Morgan fingerprint density at radius 2 is 1.95 bits per heavy atom. The molecule has 1 heterocycles. The lowest BCUT2D eigenvalue weighted by atomic mass is 10.0. The Kier molecular flexibility index (Phi) is 5.02. The predicted molar refractivity (Wildman–Crippen MR) is 67.4 cm³/mol. The molecule has 4 nitrogen and oxygen atoms in total. The third-order valence-corrected chi connectivity index (χ3v) is 3.33. The fraction of sp³-hybridized carbons (Fsp3) is 0.538. The molecule has 0 spiro atoms. The normalized spacial score (nSPS) is 18.5. The minimum absolute atomic E-state index is 0.237. The number of hydrogen-bond donors (Lipinski definition) is 2. The number of halogens is 4. The number of rotatable bonds is 4. The van der Waals surface area contributed by atoms with Crippen LogP contribution in [0.5, 0.6) is 5.75 Å². The van der Waals surface area contributed by atoms with Gasteiger partial charge in [0.05, 0.1) is 12.6 Å². The second-order valence-electron chi connectivity index (χ2n) is 4.72. The summed E-state index contributed by atoms with van der Waals surface area (Å²) in [4.78, 5) is 1.95. The molecule has 1 atom stereocenters. The van der Waals surface area contributed by atoms with E-state index in [1.807, 2.05) is 4.90 Å². The van der Waals surface area contributed by atoms with Crippen molar-refractivity contribution >= 4 is 0 Å². The van der Waals surface area contributed by atoms with Crippen molar-refractivity contribution in [3.8, 4) is 5.75 Å². The summed E-state index contributed by atoms with van der Waals surface area (Å²) in [7, 11) is 0. The van der Waals surface area contributed by atoms with E-state index in [9.17, 15) is 22.7 Å². The SMILES string of the molecule is OC[C@@H](c1ccc(OC(F)(F)F)c(F)c1)N1CCNCC1. The minimum atomic E-state index is -4.93. The van der Waals surface area contributed by atoms with Crippen molar-refractivity contribution in [1.29, 1.82) is 0 Å². The summed E-state index contributed by atoms with van der Waals surface area (Å²) in [5, 5.41) is 12.6. The first kappa shape index (κ1) is 16.0. The molecular weight excluding hydrogens is 292 g/mol. The summed E-state index contributed by atoms with van der Waals surface area (Å²) < 4.78 is 53.6. The van der Waals surface area contributed by atoms with Gasteiger partial charge in [-0.15, -0.1) is 13.2 Å². The molecule has 0 amide bonds. The summed E-state index contributed by atoms with van der Waals surface area (Å²) in [6.07, 6.45) is -4.93. The van der Waals surface area contributed by atoms with Crippen molar-refractivity contribution in [2.24, 2.45) is 0 Å². The second-order valence-corrected chi connectivity index (χ2v) is 4.72. The van der Waals surface area contributed by atoms with Gasteiger partial charge in [-0.1, -0.05) is 6.07 Å². The highest BCUT2D eigenvalue weighted by Crippen LogP contribution is 2.29. The number of nitrogens with one attached hydrogen (secondary N) is 1. The van der Waals surface area contributed by atoms with E-state index >= 15 is 0 Å². The molecule has 1 aliphatic heterocycles. The molecule has 1 aliphatic rings. The van der Waals surface area contributed by atoms with E-state index in [2.05, 4.69) is 10.1 Å². The maximum atomic E-state index is 13.7. The van der Waals surface area contributed by atoms with E-state index in [4.69, 9.17) is 0 Å². The molecule has 0 unspecified atom stereocenters. The zero-order chi connectivity index (χ0) is 15.5. The number of piperazine rings is 1. The molecule has 21 heavy (non-hydrogen) atoms. The fourth-order valence-electron chi connectivity index (χ4n) is 2.36. The zero-order valence-corrected chi connectivity index (χ0v) is 11.2. The van der Waals surface area contributed by atoms with Gasteiger partial charge in [0.2, 0.25) is 0 Å². The number of benzene rings is 1. The highest BCUT2D eigenvalue weighted by Gasteiger charge is 2.32. The fourth-order valence-corrected chi connectivity index (χ4v) is 2.36. The van der Waals surface area contributed by atoms with Crippen molar-refractivity contribution in [1.82, 2.24) is 10.2 Å². The van der Waals surface area contributed by atoms with Gasteiger partial charge < -0.3 is 15.2 Å². The van der Waals surface area contributed by atoms with Gasteiger partial charge in [-0.2, -0.15) is 0 Å². The third kappa shape index (κ3) is 4.29. The van der Waals surface area contributed by atoms with Crippen LogP contribution in [0.1, 0.15) is 11.6 Å². The molecule has 1 fully saturated rings. The zero-order valence-electron chi connectivity index (χ0n) is 11.2. The highest BCUT2D eigenvalue weighted by molar-refractivity contribution is 5.31. The first-order chi connectivity index (χ1) is 9.90. The van der Waals surface area contributed by atoms with Crippen LogP contribution >= 0.6 is 0 Å². The smallest absolute Gasteiger partial charge is 0.403 e. The van der Waals surface area contributed by atoms with Crippen LogP contribution in [-0.4, -0.2) is 49.2 Å². The molecule has 0 bridgehead atoms. The summed E-state index contributed by atoms with van der Waals surface area (Å²) in [5.74, 6) is -1.97. The second kappa shape index (κ2) is 6.59. The van der Waals surface area contributed by atoms with Crippen LogP contribution in [0, 0.1) is 5.82 Å². The maximum absolute atomic E-state index is 13.7. The van der Waals surface area contributed by atoms with Crippen LogP contribution in [0.4, 0.5) is 17.6 Å². The molecule has 0 aliphatic carbocycles. The Labute approximate surface area is 119 Å². The Balaban J connectivity index is 2.17. The van der Waals surface area contributed by atoms with Crippen LogP contribution in [0.25, 0.3) is 0 Å². The van der Waals surface area contributed by atoms with E-state index in [0.717, 1.165) is 25.2 Å². The van der Waals surface area contributed by atoms with Gasteiger partial charge in [0.15, 0.2) is 11.6 Å². The maximum Gasteiger partial charge on any atom is 0.573 e. The van der Waals surface area contributed by atoms with Gasteiger partial charge in [0, 0.05) is 26.2 Å². The Morgan fingerprint density at radius 3 is 2.48 bits per heavy atom. The molecule has 1 aromatic rings. The largest absolute Gasteiger partial charge is 0.573 e. The Bertz CT molecular complexity index is 476. The molecule has 118 valence electrons. The molecule has 0 aromatic heterocycles.